The Bertz CT molecular complexity index is 343. The zero-order valence-corrected chi connectivity index (χ0v) is 12.5. The quantitative estimate of drug-likeness (QED) is 0.511. The van der Waals surface area contributed by atoms with Crippen molar-refractivity contribution in [3.8, 4) is 0 Å². The number of hydrogen-bond donors (Lipinski definition) is 1. The highest BCUT2D eigenvalue weighted by Gasteiger charge is 2.03. The van der Waals surface area contributed by atoms with E-state index in [2.05, 4.69) is 54.9 Å². The van der Waals surface area contributed by atoms with Gasteiger partial charge in [0.15, 0.2) is 0 Å². The van der Waals surface area contributed by atoms with Crippen LogP contribution >= 0.6 is 0 Å². The van der Waals surface area contributed by atoms with E-state index in [-0.39, 0.29) is 0 Å². The van der Waals surface area contributed by atoms with Gasteiger partial charge in [-0.15, -0.1) is 6.58 Å². The minimum atomic E-state index is 0.966. The summed E-state index contributed by atoms with van der Waals surface area (Å²) in [7, 11) is 0. The highest BCUT2D eigenvalue weighted by molar-refractivity contribution is 5.22. The van der Waals surface area contributed by atoms with Crippen molar-refractivity contribution >= 4 is 0 Å². The highest BCUT2D eigenvalue weighted by Crippen LogP contribution is 2.08. The monoisotopic (exact) mass is 260 g/mol. The van der Waals surface area contributed by atoms with E-state index in [1.807, 2.05) is 6.08 Å². The summed E-state index contributed by atoms with van der Waals surface area (Å²) in [6, 6.07) is 8.95. The lowest BCUT2D eigenvalue weighted by Gasteiger charge is -2.20. The molecule has 1 aromatic rings. The molecule has 0 heterocycles. The average molecular weight is 260 g/mol. The Morgan fingerprint density at radius 3 is 2.37 bits per heavy atom. The molecule has 0 fully saturated rings. The smallest absolute Gasteiger partial charge is 0.0237 e. The third kappa shape index (κ3) is 6.55. The van der Waals surface area contributed by atoms with Crippen LogP contribution in [0.4, 0.5) is 0 Å². The lowest BCUT2D eigenvalue weighted by Crippen LogP contribution is -2.24. The van der Waals surface area contributed by atoms with Gasteiger partial charge >= 0.3 is 0 Å². The van der Waals surface area contributed by atoms with Gasteiger partial charge in [-0.05, 0) is 37.1 Å². The van der Waals surface area contributed by atoms with Gasteiger partial charge in [0.1, 0.15) is 0 Å². The first-order valence-electron chi connectivity index (χ1n) is 7.41. The summed E-state index contributed by atoms with van der Waals surface area (Å²) in [5.74, 6) is 0. The number of nitrogens with zero attached hydrogens (tertiary/aromatic N) is 1. The van der Waals surface area contributed by atoms with E-state index in [0.29, 0.717) is 0 Å². The zero-order chi connectivity index (χ0) is 13.9. The molecule has 0 saturated heterocycles. The normalized spacial score (nSPS) is 10.9. The molecule has 0 aliphatic carbocycles. The van der Waals surface area contributed by atoms with Crippen molar-refractivity contribution in [1.82, 2.24) is 10.2 Å². The molecule has 0 bridgehead atoms. The number of nitrogens with one attached hydrogen (secondary N) is 1. The molecule has 106 valence electrons. The van der Waals surface area contributed by atoms with E-state index in [0.717, 1.165) is 32.7 Å². The van der Waals surface area contributed by atoms with Gasteiger partial charge in [0.05, 0.1) is 0 Å². The van der Waals surface area contributed by atoms with Crippen molar-refractivity contribution in [2.45, 2.75) is 39.8 Å². The zero-order valence-electron chi connectivity index (χ0n) is 12.5. The van der Waals surface area contributed by atoms with Crippen LogP contribution in [0.5, 0.6) is 0 Å². The largest absolute Gasteiger partial charge is 0.313 e. The molecular formula is C17H28N2. The Balaban J connectivity index is 2.47. The molecule has 2 nitrogen and oxygen atoms in total. The van der Waals surface area contributed by atoms with E-state index in [1.54, 1.807) is 0 Å². The molecular weight excluding hydrogens is 232 g/mol. The predicted octanol–water partition coefficient (Wildman–Crippen LogP) is 3.58. The predicted molar refractivity (Wildman–Crippen MR) is 84.2 cm³/mol. The van der Waals surface area contributed by atoms with E-state index in [4.69, 9.17) is 0 Å². The molecule has 19 heavy (non-hydrogen) atoms. The second-order valence-electron chi connectivity index (χ2n) is 5.02. The second kappa shape index (κ2) is 9.76. The van der Waals surface area contributed by atoms with Gasteiger partial charge in [0.2, 0.25) is 0 Å². The van der Waals surface area contributed by atoms with Crippen LogP contribution in [-0.4, -0.2) is 24.5 Å². The minimum absolute atomic E-state index is 0.966. The third-order valence-corrected chi connectivity index (χ3v) is 3.11. The maximum absolute atomic E-state index is 3.83. The summed E-state index contributed by atoms with van der Waals surface area (Å²) in [5.41, 5.74) is 2.75. The van der Waals surface area contributed by atoms with Gasteiger partial charge in [-0.3, -0.25) is 4.90 Å². The van der Waals surface area contributed by atoms with Gasteiger partial charge in [0.25, 0.3) is 0 Å². The Morgan fingerprint density at radius 2 is 1.79 bits per heavy atom. The number of hydrogen-bond acceptors (Lipinski definition) is 2. The van der Waals surface area contributed by atoms with Crippen LogP contribution in [0.2, 0.25) is 0 Å². The molecule has 2 heteroatoms. The van der Waals surface area contributed by atoms with Crippen molar-refractivity contribution in [3.63, 3.8) is 0 Å². The van der Waals surface area contributed by atoms with Crippen LogP contribution in [0.15, 0.2) is 36.9 Å². The maximum Gasteiger partial charge on any atom is 0.0237 e. The van der Waals surface area contributed by atoms with E-state index >= 15 is 0 Å². The Kier molecular flexibility index (Phi) is 8.19. The Morgan fingerprint density at radius 1 is 1.11 bits per heavy atom. The molecule has 0 radical (unpaired) electrons. The SMILES string of the molecule is C=CCN(CCC)Cc1ccc(CNCCC)cc1. The minimum Gasteiger partial charge on any atom is -0.313 e. The van der Waals surface area contributed by atoms with Gasteiger partial charge in [-0.2, -0.15) is 0 Å². The molecule has 0 atom stereocenters. The second-order valence-corrected chi connectivity index (χ2v) is 5.02. The van der Waals surface area contributed by atoms with Crippen molar-refractivity contribution < 1.29 is 0 Å². The third-order valence-electron chi connectivity index (χ3n) is 3.11. The van der Waals surface area contributed by atoms with Crippen LogP contribution in [0.25, 0.3) is 0 Å². The molecule has 1 rings (SSSR count). The number of rotatable bonds is 10. The van der Waals surface area contributed by atoms with E-state index in [1.165, 1.54) is 24.0 Å². The first-order valence-corrected chi connectivity index (χ1v) is 7.41. The topological polar surface area (TPSA) is 15.3 Å². The fourth-order valence-corrected chi connectivity index (χ4v) is 2.16. The molecule has 0 aliphatic heterocycles. The lowest BCUT2D eigenvalue weighted by atomic mass is 10.1. The van der Waals surface area contributed by atoms with Gasteiger partial charge in [0, 0.05) is 19.6 Å². The van der Waals surface area contributed by atoms with Gasteiger partial charge in [-0.1, -0.05) is 44.2 Å². The molecule has 0 saturated carbocycles. The van der Waals surface area contributed by atoms with Crippen molar-refractivity contribution in [1.29, 1.82) is 0 Å². The van der Waals surface area contributed by atoms with Crippen LogP contribution in [0.3, 0.4) is 0 Å². The fraction of sp³-hybridized carbons (Fsp3) is 0.529. The summed E-state index contributed by atoms with van der Waals surface area (Å²) >= 11 is 0. The van der Waals surface area contributed by atoms with Crippen LogP contribution in [0.1, 0.15) is 37.8 Å². The van der Waals surface area contributed by atoms with Crippen LogP contribution in [-0.2, 0) is 13.1 Å². The highest BCUT2D eigenvalue weighted by atomic mass is 15.1. The maximum atomic E-state index is 3.83. The van der Waals surface area contributed by atoms with Gasteiger partial charge in [-0.25, -0.2) is 0 Å². The van der Waals surface area contributed by atoms with Gasteiger partial charge < -0.3 is 5.32 Å². The standard InChI is InChI=1S/C17H28N2/c1-4-11-18-14-16-7-9-17(10-8-16)15-19(12-5-2)13-6-3/h5,7-10,18H,2,4,6,11-15H2,1,3H3. The molecule has 1 aromatic carbocycles. The molecule has 0 spiro atoms. The fourth-order valence-electron chi connectivity index (χ4n) is 2.16. The van der Waals surface area contributed by atoms with E-state index in [9.17, 15) is 0 Å². The molecule has 0 unspecified atom stereocenters. The van der Waals surface area contributed by atoms with Crippen LogP contribution < -0.4 is 5.32 Å². The summed E-state index contributed by atoms with van der Waals surface area (Å²) in [6.45, 7) is 13.4. The van der Waals surface area contributed by atoms with E-state index < -0.39 is 0 Å². The number of benzene rings is 1. The molecule has 1 N–H and O–H groups in total. The molecule has 0 aromatic heterocycles. The Labute approximate surface area is 118 Å². The first-order chi connectivity index (χ1) is 9.30. The summed E-state index contributed by atoms with van der Waals surface area (Å²) in [6.07, 6.45) is 4.36. The Hall–Kier alpha value is -1.12. The molecule has 0 amide bonds. The van der Waals surface area contributed by atoms with Crippen molar-refractivity contribution in [2.75, 3.05) is 19.6 Å². The molecule has 0 aliphatic rings. The average Bonchev–Trinajstić information content (AvgIpc) is 2.42. The lowest BCUT2D eigenvalue weighted by molar-refractivity contribution is 0.295. The van der Waals surface area contributed by atoms with Crippen molar-refractivity contribution in [3.05, 3.63) is 48.0 Å². The summed E-state index contributed by atoms with van der Waals surface area (Å²) in [4.78, 5) is 2.43. The first kappa shape index (κ1) is 15.9. The summed E-state index contributed by atoms with van der Waals surface area (Å²) in [5, 5.41) is 3.43. The van der Waals surface area contributed by atoms with Crippen molar-refractivity contribution in [2.24, 2.45) is 0 Å². The summed E-state index contributed by atoms with van der Waals surface area (Å²) < 4.78 is 0. The van der Waals surface area contributed by atoms with Crippen LogP contribution in [0, 0.1) is 0 Å².